The molecule has 1 N–H and O–H groups in total. The van der Waals surface area contributed by atoms with Crippen molar-refractivity contribution in [1.82, 2.24) is 4.90 Å². The largest absolute Gasteiger partial charge is 0.388 e. The normalized spacial score (nSPS) is 19.4. The first kappa shape index (κ1) is 14.9. The summed E-state index contributed by atoms with van der Waals surface area (Å²) < 4.78 is 0. The first-order chi connectivity index (χ1) is 9.60. The van der Waals surface area contributed by atoms with Gasteiger partial charge in [-0.3, -0.25) is 4.79 Å². The van der Waals surface area contributed by atoms with E-state index in [1.54, 1.807) is 0 Å². The molecule has 0 aliphatic carbocycles. The molecule has 4 nitrogen and oxygen atoms in total. The number of amides is 1. The monoisotopic (exact) mass is 276 g/mol. The zero-order chi connectivity index (χ0) is 14.7. The summed E-state index contributed by atoms with van der Waals surface area (Å²) in [5.74, 6) is 0.154. The smallest absolute Gasteiger partial charge is 0.244 e. The van der Waals surface area contributed by atoms with E-state index in [4.69, 9.17) is 0 Å². The lowest BCUT2D eigenvalue weighted by Crippen LogP contribution is -2.49. The number of aliphatic hydroxyl groups excluding tert-OH is 1. The minimum atomic E-state index is -0.418. The van der Waals surface area contributed by atoms with Gasteiger partial charge in [0.2, 0.25) is 5.91 Å². The number of nitrogens with zero attached hydrogens (tertiary/aromatic N) is 2. The van der Waals surface area contributed by atoms with Crippen LogP contribution in [0.1, 0.15) is 38.9 Å². The molecule has 1 aliphatic rings. The predicted molar refractivity (Wildman–Crippen MR) is 80.8 cm³/mol. The molecule has 0 spiro atoms. The lowest BCUT2D eigenvalue weighted by Gasteiger charge is -2.38. The minimum absolute atomic E-state index is 0.154. The molecule has 4 heteroatoms. The third-order valence-electron chi connectivity index (χ3n) is 4.15. The number of carbonyl (C=O) groups excluding carboxylic acids is 1. The van der Waals surface area contributed by atoms with Crippen LogP contribution in [0.3, 0.4) is 0 Å². The van der Waals surface area contributed by atoms with Gasteiger partial charge in [-0.1, -0.05) is 18.2 Å². The molecule has 2 unspecified atom stereocenters. The van der Waals surface area contributed by atoms with E-state index in [9.17, 15) is 9.90 Å². The van der Waals surface area contributed by atoms with Crippen LogP contribution < -0.4 is 4.90 Å². The molecule has 1 aromatic carbocycles. The molecule has 0 saturated carbocycles. The van der Waals surface area contributed by atoms with Crippen molar-refractivity contribution in [2.75, 3.05) is 24.5 Å². The van der Waals surface area contributed by atoms with Gasteiger partial charge in [-0.25, -0.2) is 0 Å². The van der Waals surface area contributed by atoms with Gasteiger partial charge < -0.3 is 14.9 Å². The second kappa shape index (κ2) is 6.27. The van der Waals surface area contributed by atoms with E-state index in [1.165, 1.54) is 0 Å². The Morgan fingerprint density at radius 3 is 2.70 bits per heavy atom. The van der Waals surface area contributed by atoms with E-state index in [1.807, 2.05) is 49.9 Å². The fourth-order valence-electron chi connectivity index (χ4n) is 2.90. The lowest BCUT2D eigenvalue weighted by atomic mass is 9.97. The Labute approximate surface area is 121 Å². The van der Waals surface area contributed by atoms with Crippen LogP contribution in [0.5, 0.6) is 0 Å². The van der Waals surface area contributed by atoms with Gasteiger partial charge in [0.25, 0.3) is 0 Å². The van der Waals surface area contributed by atoms with E-state index in [0.717, 1.165) is 24.3 Å². The maximum absolute atomic E-state index is 12.5. The highest BCUT2D eigenvalue weighted by atomic mass is 16.3. The Kier molecular flexibility index (Phi) is 4.65. The Hall–Kier alpha value is -1.55. The molecular formula is C16H24N2O2. The van der Waals surface area contributed by atoms with Crippen molar-refractivity contribution >= 4 is 11.6 Å². The quantitative estimate of drug-likeness (QED) is 0.916. The number of hydrogen-bond acceptors (Lipinski definition) is 3. The summed E-state index contributed by atoms with van der Waals surface area (Å²) in [5, 5.41) is 10.1. The van der Waals surface area contributed by atoms with Crippen LogP contribution in [0.2, 0.25) is 0 Å². The number of anilines is 1. The SMILES string of the molecule is CCN(CC)C(=O)C(C)N1CCC(O)c2ccccc21. The van der Waals surface area contributed by atoms with E-state index >= 15 is 0 Å². The number of likely N-dealkylation sites (N-methyl/N-ethyl adjacent to an activating group) is 1. The first-order valence-corrected chi connectivity index (χ1v) is 7.42. The topological polar surface area (TPSA) is 43.8 Å². The van der Waals surface area contributed by atoms with Crippen molar-refractivity contribution < 1.29 is 9.90 Å². The lowest BCUT2D eigenvalue weighted by molar-refractivity contribution is -0.131. The Balaban J connectivity index is 2.25. The maximum atomic E-state index is 12.5. The van der Waals surface area contributed by atoms with Crippen LogP contribution >= 0.6 is 0 Å². The number of fused-ring (bicyclic) bond motifs is 1. The zero-order valence-electron chi connectivity index (χ0n) is 12.5. The summed E-state index contributed by atoms with van der Waals surface area (Å²) in [6.07, 6.45) is 0.255. The minimum Gasteiger partial charge on any atom is -0.388 e. The summed E-state index contributed by atoms with van der Waals surface area (Å²) in [6.45, 7) is 8.14. The molecule has 0 radical (unpaired) electrons. The summed E-state index contributed by atoms with van der Waals surface area (Å²) in [7, 11) is 0. The highest BCUT2D eigenvalue weighted by Gasteiger charge is 2.30. The van der Waals surface area contributed by atoms with Crippen LogP contribution in [0.25, 0.3) is 0 Å². The molecule has 0 fully saturated rings. The maximum Gasteiger partial charge on any atom is 0.244 e. The number of aliphatic hydroxyl groups is 1. The van der Waals surface area contributed by atoms with Gasteiger partial charge >= 0.3 is 0 Å². The number of rotatable bonds is 4. The van der Waals surface area contributed by atoms with Gasteiger partial charge in [0, 0.05) is 30.9 Å². The van der Waals surface area contributed by atoms with Crippen LogP contribution in [0.15, 0.2) is 24.3 Å². The number of carbonyl (C=O) groups is 1. The van der Waals surface area contributed by atoms with Gasteiger partial charge in [0.1, 0.15) is 6.04 Å². The molecule has 0 bridgehead atoms. The molecule has 1 amide bonds. The highest BCUT2D eigenvalue weighted by molar-refractivity contribution is 5.85. The van der Waals surface area contributed by atoms with Gasteiger partial charge in [-0.15, -0.1) is 0 Å². The Morgan fingerprint density at radius 2 is 2.05 bits per heavy atom. The summed E-state index contributed by atoms with van der Waals surface area (Å²) in [4.78, 5) is 16.5. The van der Waals surface area contributed by atoms with E-state index in [-0.39, 0.29) is 11.9 Å². The van der Waals surface area contributed by atoms with E-state index < -0.39 is 6.10 Å². The van der Waals surface area contributed by atoms with Crippen LogP contribution in [0, 0.1) is 0 Å². The molecular weight excluding hydrogens is 252 g/mol. The number of para-hydroxylation sites is 1. The van der Waals surface area contributed by atoms with Gasteiger partial charge in [0.15, 0.2) is 0 Å². The number of hydrogen-bond donors (Lipinski definition) is 1. The average Bonchev–Trinajstić information content (AvgIpc) is 2.48. The average molecular weight is 276 g/mol. The summed E-state index contributed by atoms with van der Waals surface area (Å²) >= 11 is 0. The first-order valence-electron chi connectivity index (χ1n) is 7.42. The third kappa shape index (κ3) is 2.66. The molecule has 1 aliphatic heterocycles. The van der Waals surface area contributed by atoms with Crippen LogP contribution in [-0.4, -0.2) is 41.6 Å². The van der Waals surface area contributed by atoms with Crippen molar-refractivity contribution in [1.29, 1.82) is 0 Å². The fourth-order valence-corrected chi connectivity index (χ4v) is 2.90. The van der Waals surface area contributed by atoms with Crippen molar-refractivity contribution in [2.45, 2.75) is 39.3 Å². The summed E-state index contributed by atoms with van der Waals surface area (Å²) in [6, 6.07) is 7.63. The van der Waals surface area contributed by atoms with Crippen LogP contribution in [-0.2, 0) is 4.79 Å². The molecule has 2 rings (SSSR count). The Bertz CT molecular complexity index is 471. The molecule has 0 aromatic heterocycles. The summed E-state index contributed by atoms with van der Waals surface area (Å²) in [5.41, 5.74) is 1.91. The molecule has 1 aromatic rings. The third-order valence-corrected chi connectivity index (χ3v) is 4.15. The zero-order valence-corrected chi connectivity index (χ0v) is 12.5. The molecule has 2 atom stereocenters. The standard InChI is InChI=1S/C16H24N2O2/c1-4-17(5-2)16(20)12(3)18-11-10-15(19)13-8-6-7-9-14(13)18/h6-9,12,15,19H,4-5,10-11H2,1-3H3. The van der Waals surface area contributed by atoms with E-state index in [2.05, 4.69) is 4.90 Å². The molecule has 20 heavy (non-hydrogen) atoms. The molecule has 0 saturated heterocycles. The van der Waals surface area contributed by atoms with Gasteiger partial charge in [-0.05, 0) is 33.3 Å². The van der Waals surface area contributed by atoms with Gasteiger partial charge in [-0.2, -0.15) is 0 Å². The molecule has 110 valence electrons. The predicted octanol–water partition coefficient (Wildman–Crippen LogP) is 2.19. The van der Waals surface area contributed by atoms with Crippen LogP contribution in [0.4, 0.5) is 5.69 Å². The Morgan fingerprint density at radius 1 is 1.40 bits per heavy atom. The number of benzene rings is 1. The van der Waals surface area contributed by atoms with Crippen molar-refractivity contribution in [2.24, 2.45) is 0 Å². The van der Waals surface area contributed by atoms with Crippen molar-refractivity contribution in [3.63, 3.8) is 0 Å². The molecule has 1 heterocycles. The highest BCUT2D eigenvalue weighted by Crippen LogP contribution is 2.34. The second-order valence-corrected chi connectivity index (χ2v) is 5.24. The fraction of sp³-hybridized carbons (Fsp3) is 0.562. The second-order valence-electron chi connectivity index (χ2n) is 5.24. The van der Waals surface area contributed by atoms with Gasteiger partial charge in [0.05, 0.1) is 6.10 Å². The van der Waals surface area contributed by atoms with E-state index in [0.29, 0.717) is 13.0 Å². The van der Waals surface area contributed by atoms with Crippen molar-refractivity contribution in [3.8, 4) is 0 Å². The van der Waals surface area contributed by atoms with Crippen molar-refractivity contribution in [3.05, 3.63) is 29.8 Å².